The van der Waals surface area contributed by atoms with Gasteiger partial charge in [-0.15, -0.1) is 0 Å². The lowest BCUT2D eigenvalue weighted by atomic mass is 10.1. The minimum absolute atomic E-state index is 0.148. The third-order valence-electron chi connectivity index (χ3n) is 4.04. The number of nitrogens with zero attached hydrogens (tertiary/aromatic N) is 2. The van der Waals surface area contributed by atoms with Crippen molar-refractivity contribution in [2.24, 2.45) is 0 Å². The van der Waals surface area contributed by atoms with Gasteiger partial charge in [-0.3, -0.25) is 9.59 Å². The van der Waals surface area contributed by atoms with Gasteiger partial charge < -0.3 is 14.5 Å². The van der Waals surface area contributed by atoms with Gasteiger partial charge in [-0.2, -0.15) is 0 Å². The highest BCUT2D eigenvalue weighted by Crippen LogP contribution is 2.33. The predicted molar refractivity (Wildman–Crippen MR) is 95.0 cm³/mol. The Morgan fingerprint density at radius 2 is 1.79 bits per heavy atom. The fraction of sp³-hybridized carbons (Fsp3) is 0.529. The normalized spacial score (nSPS) is 15.2. The van der Waals surface area contributed by atoms with E-state index in [1.807, 2.05) is 11.8 Å². The summed E-state index contributed by atoms with van der Waals surface area (Å²) in [4.78, 5) is 28.5. The van der Waals surface area contributed by atoms with Gasteiger partial charge in [0.15, 0.2) is 0 Å². The number of amides is 2. The van der Waals surface area contributed by atoms with Crippen LogP contribution in [-0.4, -0.2) is 54.9 Å². The smallest absolute Gasteiger partial charge is 0.257 e. The van der Waals surface area contributed by atoms with Crippen molar-refractivity contribution in [2.45, 2.75) is 26.2 Å². The molecule has 0 saturated carbocycles. The van der Waals surface area contributed by atoms with Crippen LogP contribution in [-0.2, 0) is 4.79 Å². The molecule has 132 valence electrons. The van der Waals surface area contributed by atoms with Gasteiger partial charge in [-0.1, -0.05) is 30.1 Å². The molecule has 1 aromatic carbocycles. The van der Waals surface area contributed by atoms with E-state index in [9.17, 15) is 9.59 Å². The minimum atomic E-state index is -0.180. The van der Waals surface area contributed by atoms with Crippen LogP contribution in [0.2, 0.25) is 10.0 Å². The molecule has 1 aliphatic heterocycles. The second kappa shape index (κ2) is 8.58. The number of halogens is 2. The Morgan fingerprint density at radius 1 is 1.12 bits per heavy atom. The standard InChI is InChI=1S/C17H22Cl2N2O3/c1-3-5-15(22)20-6-4-7-21(9-8-20)17(23)13-10-12(18)11-14(19)16(13)24-2/h10-11H,3-9H2,1-2H3. The van der Waals surface area contributed by atoms with Gasteiger partial charge in [-0.25, -0.2) is 0 Å². The summed E-state index contributed by atoms with van der Waals surface area (Å²) in [5, 5.41) is 0.696. The maximum absolute atomic E-state index is 12.9. The monoisotopic (exact) mass is 372 g/mol. The van der Waals surface area contributed by atoms with Crippen LogP contribution in [0, 0.1) is 0 Å². The summed E-state index contributed by atoms with van der Waals surface area (Å²) in [5.41, 5.74) is 0.350. The van der Waals surface area contributed by atoms with E-state index in [1.165, 1.54) is 7.11 Å². The zero-order chi connectivity index (χ0) is 17.7. The van der Waals surface area contributed by atoms with Gasteiger partial charge >= 0.3 is 0 Å². The molecule has 1 aliphatic rings. The van der Waals surface area contributed by atoms with Crippen LogP contribution in [0.1, 0.15) is 36.5 Å². The van der Waals surface area contributed by atoms with Gasteiger partial charge in [0.1, 0.15) is 5.75 Å². The Labute approximate surface area is 152 Å². The predicted octanol–water partition coefficient (Wildman–Crippen LogP) is 3.48. The maximum Gasteiger partial charge on any atom is 0.257 e. The Bertz CT molecular complexity index is 622. The fourth-order valence-electron chi connectivity index (χ4n) is 2.84. The summed E-state index contributed by atoms with van der Waals surface area (Å²) < 4.78 is 5.26. The molecular weight excluding hydrogens is 351 g/mol. The molecule has 24 heavy (non-hydrogen) atoms. The molecule has 0 unspecified atom stereocenters. The topological polar surface area (TPSA) is 49.9 Å². The molecule has 1 fully saturated rings. The second-order valence-electron chi connectivity index (χ2n) is 5.74. The maximum atomic E-state index is 12.9. The quantitative estimate of drug-likeness (QED) is 0.812. The Kier molecular flexibility index (Phi) is 6.75. The van der Waals surface area contributed by atoms with Gasteiger partial charge in [0.25, 0.3) is 5.91 Å². The van der Waals surface area contributed by atoms with Crippen molar-refractivity contribution >= 4 is 35.0 Å². The summed E-state index contributed by atoms with van der Waals surface area (Å²) in [6.45, 7) is 4.28. The van der Waals surface area contributed by atoms with E-state index < -0.39 is 0 Å². The molecule has 0 aromatic heterocycles. The van der Waals surface area contributed by atoms with Crippen molar-refractivity contribution in [2.75, 3.05) is 33.3 Å². The lowest BCUT2D eigenvalue weighted by molar-refractivity contribution is -0.131. The van der Waals surface area contributed by atoms with Crippen molar-refractivity contribution in [3.8, 4) is 5.75 Å². The molecule has 2 amide bonds. The van der Waals surface area contributed by atoms with Gasteiger partial charge in [0.05, 0.1) is 17.7 Å². The summed E-state index contributed by atoms with van der Waals surface area (Å²) in [5.74, 6) is 0.297. The number of hydrogen-bond acceptors (Lipinski definition) is 3. The zero-order valence-electron chi connectivity index (χ0n) is 14.0. The largest absolute Gasteiger partial charge is 0.494 e. The highest BCUT2D eigenvalue weighted by atomic mass is 35.5. The van der Waals surface area contributed by atoms with Crippen LogP contribution in [0.5, 0.6) is 5.75 Å². The summed E-state index contributed by atoms with van der Waals surface area (Å²) >= 11 is 12.1. The Hall–Kier alpha value is -1.46. The molecule has 7 heteroatoms. The summed E-state index contributed by atoms with van der Waals surface area (Å²) in [7, 11) is 1.47. The van der Waals surface area contributed by atoms with Gasteiger partial charge in [0.2, 0.25) is 5.91 Å². The lowest BCUT2D eigenvalue weighted by Crippen LogP contribution is -2.37. The third kappa shape index (κ3) is 4.33. The first-order chi connectivity index (χ1) is 11.5. The Morgan fingerprint density at radius 3 is 2.46 bits per heavy atom. The molecule has 2 rings (SSSR count). The van der Waals surface area contributed by atoms with Gasteiger partial charge in [0, 0.05) is 37.6 Å². The molecule has 0 radical (unpaired) electrons. The number of carbonyl (C=O) groups is 2. The van der Waals surface area contributed by atoms with E-state index >= 15 is 0 Å². The minimum Gasteiger partial charge on any atom is -0.494 e. The van der Waals surface area contributed by atoms with Crippen molar-refractivity contribution in [3.05, 3.63) is 27.7 Å². The second-order valence-corrected chi connectivity index (χ2v) is 6.59. The van der Waals surface area contributed by atoms with Crippen LogP contribution in [0.15, 0.2) is 12.1 Å². The van der Waals surface area contributed by atoms with Crippen LogP contribution in [0.3, 0.4) is 0 Å². The number of carbonyl (C=O) groups excluding carboxylic acids is 2. The first kappa shape index (κ1) is 18.9. The van der Waals surface area contributed by atoms with E-state index in [2.05, 4.69) is 0 Å². The van der Waals surface area contributed by atoms with Crippen LogP contribution in [0.25, 0.3) is 0 Å². The molecule has 0 aliphatic carbocycles. The van der Waals surface area contributed by atoms with E-state index in [-0.39, 0.29) is 11.8 Å². The average Bonchev–Trinajstić information content (AvgIpc) is 2.80. The summed E-state index contributed by atoms with van der Waals surface area (Å²) in [6, 6.07) is 3.12. The van der Waals surface area contributed by atoms with E-state index in [0.717, 1.165) is 12.8 Å². The van der Waals surface area contributed by atoms with E-state index in [4.69, 9.17) is 27.9 Å². The van der Waals surface area contributed by atoms with Crippen molar-refractivity contribution < 1.29 is 14.3 Å². The number of hydrogen-bond donors (Lipinski definition) is 0. The summed E-state index contributed by atoms with van der Waals surface area (Å²) in [6.07, 6.45) is 2.12. The highest BCUT2D eigenvalue weighted by molar-refractivity contribution is 6.36. The lowest BCUT2D eigenvalue weighted by Gasteiger charge is -2.23. The molecule has 5 nitrogen and oxygen atoms in total. The molecule has 0 N–H and O–H groups in total. The molecule has 0 spiro atoms. The number of ether oxygens (including phenoxy) is 1. The molecule has 1 heterocycles. The SMILES string of the molecule is CCCC(=O)N1CCCN(C(=O)c2cc(Cl)cc(Cl)c2OC)CC1. The first-order valence-corrected chi connectivity index (χ1v) is 8.83. The molecule has 1 saturated heterocycles. The van der Waals surface area contributed by atoms with Crippen LogP contribution < -0.4 is 4.74 Å². The van der Waals surface area contributed by atoms with Crippen molar-refractivity contribution in [1.82, 2.24) is 9.80 Å². The number of rotatable bonds is 4. The molecule has 0 bridgehead atoms. The molecule has 0 atom stereocenters. The van der Waals surface area contributed by atoms with Crippen molar-refractivity contribution in [3.63, 3.8) is 0 Å². The van der Waals surface area contributed by atoms with Crippen LogP contribution in [0.4, 0.5) is 0 Å². The molecular formula is C17H22Cl2N2O3. The number of benzene rings is 1. The van der Waals surface area contributed by atoms with Crippen molar-refractivity contribution in [1.29, 1.82) is 0 Å². The van der Waals surface area contributed by atoms with E-state index in [0.29, 0.717) is 54.0 Å². The Balaban J connectivity index is 2.15. The van der Waals surface area contributed by atoms with E-state index in [1.54, 1.807) is 17.0 Å². The highest BCUT2D eigenvalue weighted by Gasteiger charge is 2.25. The first-order valence-electron chi connectivity index (χ1n) is 8.08. The fourth-order valence-corrected chi connectivity index (χ4v) is 3.41. The van der Waals surface area contributed by atoms with Gasteiger partial charge in [-0.05, 0) is 25.0 Å². The number of methoxy groups -OCH3 is 1. The van der Waals surface area contributed by atoms with Crippen LogP contribution >= 0.6 is 23.2 Å². The average molecular weight is 373 g/mol. The molecule has 1 aromatic rings. The zero-order valence-corrected chi connectivity index (χ0v) is 15.5. The third-order valence-corrected chi connectivity index (χ3v) is 4.54.